The van der Waals surface area contributed by atoms with Gasteiger partial charge >= 0.3 is 0 Å². The lowest BCUT2D eigenvalue weighted by Crippen LogP contribution is -2.14. The normalized spacial score (nSPS) is 10.4. The topological polar surface area (TPSA) is 40.7 Å². The summed E-state index contributed by atoms with van der Waals surface area (Å²) in [6.07, 6.45) is 2.90. The molecule has 0 bridgehead atoms. The minimum Gasteiger partial charge on any atom is -0.348 e. The van der Waals surface area contributed by atoms with E-state index in [0.717, 1.165) is 24.5 Å². The number of nitrogens with one attached hydrogen (secondary N) is 2. The van der Waals surface area contributed by atoms with E-state index in [1.54, 1.807) is 6.33 Å². The van der Waals surface area contributed by atoms with Crippen molar-refractivity contribution in [2.45, 2.75) is 26.8 Å². The molecule has 3 heteroatoms. The fourth-order valence-electron chi connectivity index (χ4n) is 0.949. The molecule has 1 aromatic heterocycles. The molecule has 0 atom stereocenters. The highest BCUT2D eigenvalue weighted by atomic mass is 14.9. The SMILES string of the molecule is CCCNCc1nc[nH]c1C. The minimum absolute atomic E-state index is 0.878. The maximum absolute atomic E-state index is 4.17. The predicted molar refractivity (Wildman–Crippen MR) is 45.3 cm³/mol. The first-order chi connectivity index (χ1) is 5.34. The zero-order valence-electron chi connectivity index (χ0n) is 7.15. The van der Waals surface area contributed by atoms with Crippen molar-refractivity contribution in [1.82, 2.24) is 15.3 Å². The van der Waals surface area contributed by atoms with Crippen molar-refractivity contribution in [3.63, 3.8) is 0 Å². The van der Waals surface area contributed by atoms with Gasteiger partial charge in [-0.2, -0.15) is 0 Å². The van der Waals surface area contributed by atoms with Crippen molar-refractivity contribution in [3.05, 3.63) is 17.7 Å². The molecule has 2 N–H and O–H groups in total. The molecule has 0 saturated carbocycles. The zero-order chi connectivity index (χ0) is 8.10. The van der Waals surface area contributed by atoms with Gasteiger partial charge in [-0.15, -0.1) is 0 Å². The van der Waals surface area contributed by atoms with Crippen LogP contribution in [0.1, 0.15) is 24.7 Å². The largest absolute Gasteiger partial charge is 0.348 e. The Kier molecular flexibility index (Phi) is 3.11. The summed E-state index contributed by atoms with van der Waals surface area (Å²) in [5, 5.41) is 3.30. The van der Waals surface area contributed by atoms with Gasteiger partial charge in [0.25, 0.3) is 0 Å². The van der Waals surface area contributed by atoms with Gasteiger partial charge in [-0.1, -0.05) is 6.92 Å². The van der Waals surface area contributed by atoms with Gasteiger partial charge in [0.05, 0.1) is 12.0 Å². The van der Waals surface area contributed by atoms with Gasteiger partial charge in [-0.3, -0.25) is 0 Å². The molecule has 0 saturated heterocycles. The maximum Gasteiger partial charge on any atom is 0.0925 e. The lowest BCUT2D eigenvalue weighted by molar-refractivity contribution is 0.664. The summed E-state index contributed by atoms with van der Waals surface area (Å²) >= 11 is 0. The molecule has 0 unspecified atom stereocenters. The van der Waals surface area contributed by atoms with Gasteiger partial charge in [0.15, 0.2) is 0 Å². The van der Waals surface area contributed by atoms with Gasteiger partial charge < -0.3 is 10.3 Å². The molecular weight excluding hydrogens is 138 g/mol. The van der Waals surface area contributed by atoms with Crippen LogP contribution < -0.4 is 5.32 Å². The van der Waals surface area contributed by atoms with Gasteiger partial charge in [-0.05, 0) is 19.9 Å². The molecule has 0 aliphatic carbocycles. The van der Waals surface area contributed by atoms with Crippen molar-refractivity contribution < 1.29 is 0 Å². The molecule has 0 amide bonds. The van der Waals surface area contributed by atoms with E-state index in [4.69, 9.17) is 0 Å². The highest BCUT2D eigenvalue weighted by Gasteiger charge is 1.97. The van der Waals surface area contributed by atoms with E-state index < -0.39 is 0 Å². The summed E-state index contributed by atoms with van der Waals surface area (Å²) in [6.45, 7) is 6.13. The Hall–Kier alpha value is -0.830. The quantitative estimate of drug-likeness (QED) is 0.638. The maximum atomic E-state index is 4.17. The number of aryl methyl sites for hydroxylation is 1. The van der Waals surface area contributed by atoms with Crippen LogP contribution in [-0.2, 0) is 6.54 Å². The first kappa shape index (κ1) is 8.27. The first-order valence-electron chi connectivity index (χ1n) is 4.04. The fourth-order valence-corrected chi connectivity index (χ4v) is 0.949. The Labute approximate surface area is 67.2 Å². The van der Waals surface area contributed by atoms with Crippen LogP contribution in [0.15, 0.2) is 6.33 Å². The van der Waals surface area contributed by atoms with E-state index in [1.165, 1.54) is 6.42 Å². The smallest absolute Gasteiger partial charge is 0.0925 e. The molecular formula is C8H15N3. The molecule has 11 heavy (non-hydrogen) atoms. The summed E-state index contributed by atoms with van der Waals surface area (Å²) in [4.78, 5) is 7.21. The lowest BCUT2D eigenvalue weighted by atomic mass is 10.3. The Morgan fingerprint density at radius 1 is 1.64 bits per heavy atom. The van der Waals surface area contributed by atoms with Crippen LogP contribution in [0.2, 0.25) is 0 Å². The minimum atomic E-state index is 0.878. The van der Waals surface area contributed by atoms with Gasteiger partial charge in [0.2, 0.25) is 0 Å². The molecule has 1 aromatic rings. The third-order valence-corrected chi connectivity index (χ3v) is 1.65. The second-order valence-electron chi connectivity index (χ2n) is 2.65. The molecule has 0 radical (unpaired) electrons. The Morgan fingerprint density at radius 3 is 3.00 bits per heavy atom. The van der Waals surface area contributed by atoms with Crippen LogP contribution in [0, 0.1) is 6.92 Å². The Morgan fingerprint density at radius 2 is 2.45 bits per heavy atom. The predicted octanol–water partition coefficient (Wildman–Crippen LogP) is 1.22. The summed E-state index contributed by atoms with van der Waals surface area (Å²) in [5.74, 6) is 0. The summed E-state index contributed by atoms with van der Waals surface area (Å²) < 4.78 is 0. The number of rotatable bonds is 4. The van der Waals surface area contributed by atoms with E-state index in [-0.39, 0.29) is 0 Å². The number of aromatic amines is 1. The molecule has 62 valence electrons. The van der Waals surface area contributed by atoms with Crippen molar-refractivity contribution in [2.24, 2.45) is 0 Å². The second-order valence-corrected chi connectivity index (χ2v) is 2.65. The van der Waals surface area contributed by atoms with Crippen LogP contribution >= 0.6 is 0 Å². The Balaban J connectivity index is 2.32. The third-order valence-electron chi connectivity index (χ3n) is 1.65. The van der Waals surface area contributed by atoms with Gasteiger partial charge in [-0.25, -0.2) is 4.98 Å². The zero-order valence-corrected chi connectivity index (χ0v) is 7.15. The summed E-state index contributed by atoms with van der Waals surface area (Å²) in [5.41, 5.74) is 2.28. The molecule has 0 aliphatic heterocycles. The molecule has 0 fully saturated rings. The molecule has 0 spiro atoms. The molecule has 1 heterocycles. The average Bonchev–Trinajstić information content (AvgIpc) is 2.37. The Bertz CT molecular complexity index is 205. The van der Waals surface area contributed by atoms with E-state index in [2.05, 4.69) is 22.2 Å². The van der Waals surface area contributed by atoms with E-state index in [1.807, 2.05) is 6.92 Å². The van der Waals surface area contributed by atoms with E-state index in [0.29, 0.717) is 0 Å². The first-order valence-corrected chi connectivity index (χ1v) is 4.04. The number of hydrogen-bond acceptors (Lipinski definition) is 2. The molecule has 0 aromatic carbocycles. The van der Waals surface area contributed by atoms with Crippen LogP contribution in [-0.4, -0.2) is 16.5 Å². The number of hydrogen-bond donors (Lipinski definition) is 2. The third kappa shape index (κ3) is 2.35. The van der Waals surface area contributed by atoms with Crippen molar-refractivity contribution in [2.75, 3.05) is 6.54 Å². The number of aromatic nitrogens is 2. The highest BCUT2D eigenvalue weighted by molar-refractivity contribution is 5.07. The highest BCUT2D eigenvalue weighted by Crippen LogP contribution is 1.98. The van der Waals surface area contributed by atoms with Crippen LogP contribution in [0.3, 0.4) is 0 Å². The molecule has 0 aliphatic rings. The number of H-pyrrole nitrogens is 1. The fraction of sp³-hybridized carbons (Fsp3) is 0.625. The van der Waals surface area contributed by atoms with Gasteiger partial charge in [0, 0.05) is 12.2 Å². The standard InChI is InChI=1S/C8H15N3/c1-3-4-9-5-8-7(2)10-6-11-8/h6,9H,3-5H2,1-2H3,(H,10,11). The molecule has 3 nitrogen and oxygen atoms in total. The number of imidazole rings is 1. The lowest BCUT2D eigenvalue weighted by Gasteiger charge is -1.99. The van der Waals surface area contributed by atoms with Crippen molar-refractivity contribution in [1.29, 1.82) is 0 Å². The summed E-state index contributed by atoms with van der Waals surface area (Å²) in [7, 11) is 0. The second kappa shape index (κ2) is 4.13. The number of nitrogens with zero attached hydrogens (tertiary/aromatic N) is 1. The monoisotopic (exact) mass is 153 g/mol. The van der Waals surface area contributed by atoms with Crippen LogP contribution in [0.4, 0.5) is 0 Å². The van der Waals surface area contributed by atoms with Gasteiger partial charge in [0.1, 0.15) is 0 Å². The van der Waals surface area contributed by atoms with Crippen LogP contribution in [0.25, 0.3) is 0 Å². The van der Waals surface area contributed by atoms with Crippen molar-refractivity contribution >= 4 is 0 Å². The van der Waals surface area contributed by atoms with E-state index in [9.17, 15) is 0 Å². The van der Waals surface area contributed by atoms with E-state index >= 15 is 0 Å². The van der Waals surface area contributed by atoms with Crippen LogP contribution in [0.5, 0.6) is 0 Å². The van der Waals surface area contributed by atoms with Crippen molar-refractivity contribution in [3.8, 4) is 0 Å². The summed E-state index contributed by atoms with van der Waals surface area (Å²) in [6, 6.07) is 0. The average molecular weight is 153 g/mol. The molecule has 1 rings (SSSR count).